The van der Waals surface area contributed by atoms with Crippen LogP contribution in [-0.2, 0) is 20.9 Å². The Morgan fingerprint density at radius 2 is 1.63 bits per heavy atom. The van der Waals surface area contributed by atoms with Gasteiger partial charge in [0, 0.05) is 26.1 Å². The molecule has 2 aromatic rings. The number of hydrogen-bond acceptors (Lipinski definition) is 3. The Morgan fingerprint density at radius 1 is 1.00 bits per heavy atom. The molecule has 5 heteroatoms. The van der Waals surface area contributed by atoms with E-state index in [0.29, 0.717) is 26.1 Å². The van der Waals surface area contributed by atoms with Crippen molar-refractivity contribution >= 4 is 11.8 Å². The summed E-state index contributed by atoms with van der Waals surface area (Å²) in [6, 6.07) is 18.7. The highest BCUT2D eigenvalue weighted by Gasteiger charge is 2.30. The van der Waals surface area contributed by atoms with Gasteiger partial charge in [-0.1, -0.05) is 67.6 Å². The molecule has 5 nitrogen and oxygen atoms in total. The molecule has 0 aliphatic carbocycles. The molecular weight excluding hydrogens is 376 g/mol. The van der Waals surface area contributed by atoms with Crippen molar-refractivity contribution in [3.05, 3.63) is 71.8 Å². The molecule has 2 rings (SSSR count). The number of amides is 2. The zero-order valence-electron chi connectivity index (χ0n) is 18.3. The fraction of sp³-hybridized carbons (Fsp3) is 0.440. The summed E-state index contributed by atoms with van der Waals surface area (Å²) in [6.45, 7) is 7.45. The highest BCUT2D eigenvalue weighted by Crippen LogP contribution is 2.25. The number of benzene rings is 2. The van der Waals surface area contributed by atoms with Gasteiger partial charge < -0.3 is 15.0 Å². The summed E-state index contributed by atoms with van der Waals surface area (Å²) in [6.07, 6.45) is 2.05. The summed E-state index contributed by atoms with van der Waals surface area (Å²) in [5.41, 5.74) is 1.81. The molecule has 2 aromatic carbocycles. The molecule has 0 spiro atoms. The Kier molecular flexibility index (Phi) is 10.1. The second kappa shape index (κ2) is 12.8. The minimum atomic E-state index is -0.670. The molecule has 1 N–H and O–H groups in total. The number of ether oxygens (including phenoxy) is 1. The molecule has 0 aliphatic rings. The fourth-order valence-corrected chi connectivity index (χ4v) is 3.27. The predicted molar refractivity (Wildman–Crippen MR) is 120 cm³/mol. The molecule has 2 amide bonds. The monoisotopic (exact) mass is 410 g/mol. The van der Waals surface area contributed by atoms with Gasteiger partial charge in [0.2, 0.25) is 11.8 Å². The van der Waals surface area contributed by atoms with E-state index in [9.17, 15) is 9.59 Å². The summed E-state index contributed by atoms with van der Waals surface area (Å²) < 4.78 is 5.55. The number of carbonyl (C=O) groups is 2. The lowest BCUT2D eigenvalue weighted by molar-refractivity contribution is -0.141. The third kappa shape index (κ3) is 7.64. The van der Waals surface area contributed by atoms with Gasteiger partial charge in [0.05, 0.1) is 6.10 Å². The molecule has 1 atom stereocenters. The average molecular weight is 411 g/mol. The zero-order valence-corrected chi connectivity index (χ0v) is 18.3. The summed E-state index contributed by atoms with van der Waals surface area (Å²) in [5.74, 6) is -0.181. The maximum absolute atomic E-state index is 13.2. The van der Waals surface area contributed by atoms with Crippen LogP contribution in [0.1, 0.15) is 57.2 Å². The minimum absolute atomic E-state index is 0.0199. The normalized spacial score (nSPS) is 11.9. The molecule has 0 heterocycles. The first-order valence-corrected chi connectivity index (χ1v) is 10.8. The van der Waals surface area contributed by atoms with Crippen molar-refractivity contribution in [2.75, 3.05) is 13.2 Å². The van der Waals surface area contributed by atoms with Crippen LogP contribution < -0.4 is 5.32 Å². The molecule has 0 saturated carbocycles. The average Bonchev–Trinajstić information content (AvgIpc) is 2.74. The standard InChI is InChI=1S/C25H34N2O3/c1-4-12-23(28)27(19-21-13-7-5-8-14-21)24(22-15-9-6-10-16-22)25(29)26-17-11-18-30-20(2)3/h5-10,13-16,20,24H,4,11-12,17-19H2,1-3H3,(H,26,29)/t24-/m1/s1. The highest BCUT2D eigenvalue weighted by atomic mass is 16.5. The van der Waals surface area contributed by atoms with Gasteiger partial charge in [-0.3, -0.25) is 9.59 Å². The Morgan fingerprint density at radius 3 is 2.23 bits per heavy atom. The van der Waals surface area contributed by atoms with Crippen molar-refractivity contribution in [2.45, 2.75) is 58.7 Å². The number of nitrogens with zero attached hydrogens (tertiary/aromatic N) is 1. The van der Waals surface area contributed by atoms with Gasteiger partial charge in [-0.15, -0.1) is 0 Å². The van der Waals surface area contributed by atoms with Crippen LogP contribution in [0.3, 0.4) is 0 Å². The lowest BCUT2D eigenvalue weighted by atomic mass is 10.0. The van der Waals surface area contributed by atoms with E-state index in [1.54, 1.807) is 4.90 Å². The van der Waals surface area contributed by atoms with Crippen molar-refractivity contribution in [3.8, 4) is 0 Å². The van der Waals surface area contributed by atoms with Gasteiger partial charge in [-0.2, -0.15) is 0 Å². The maximum atomic E-state index is 13.2. The molecule has 0 unspecified atom stereocenters. The van der Waals surface area contributed by atoms with Crippen LogP contribution in [0, 0.1) is 0 Å². The van der Waals surface area contributed by atoms with Crippen LogP contribution in [0.2, 0.25) is 0 Å². The van der Waals surface area contributed by atoms with Gasteiger partial charge in [0.25, 0.3) is 0 Å². The minimum Gasteiger partial charge on any atom is -0.379 e. The van der Waals surface area contributed by atoms with Gasteiger partial charge >= 0.3 is 0 Å². The van der Waals surface area contributed by atoms with Crippen LogP contribution in [0.5, 0.6) is 0 Å². The van der Waals surface area contributed by atoms with Crippen molar-refractivity contribution in [1.29, 1.82) is 0 Å². The van der Waals surface area contributed by atoms with Crippen molar-refractivity contribution in [2.24, 2.45) is 0 Å². The summed E-state index contributed by atoms with van der Waals surface area (Å²) in [7, 11) is 0. The molecule has 0 radical (unpaired) electrons. The van der Waals surface area contributed by atoms with Crippen LogP contribution in [-0.4, -0.2) is 36.0 Å². The first kappa shape index (κ1) is 23.6. The largest absolute Gasteiger partial charge is 0.379 e. The van der Waals surface area contributed by atoms with Gasteiger partial charge in [0.15, 0.2) is 0 Å². The summed E-state index contributed by atoms with van der Waals surface area (Å²) in [4.78, 5) is 28.0. The van der Waals surface area contributed by atoms with Crippen molar-refractivity contribution in [3.63, 3.8) is 0 Å². The van der Waals surface area contributed by atoms with E-state index in [4.69, 9.17) is 4.74 Å². The van der Waals surface area contributed by atoms with E-state index in [-0.39, 0.29) is 17.9 Å². The van der Waals surface area contributed by atoms with E-state index in [2.05, 4.69) is 5.32 Å². The third-order valence-electron chi connectivity index (χ3n) is 4.73. The second-order valence-electron chi connectivity index (χ2n) is 7.63. The van der Waals surface area contributed by atoms with E-state index in [1.807, 2.05) is 81.4 Å². The van der Waals surface area contributed by atoms with E-state index < -0.39 is 6.04 Å². The van der Waals surface area contributed by atoms with Crippen molar-refractivity contribution in [1.82, 2.24) is 10.2 Å². The molecule has 0 saturated heterocycles. The second-order valence-corrected chi connectivity index (χ2v) is 7.63. The van der Waals surface area contributed by atoms with Crippen LogP contribution in [0.25, 0.3) is 0 Å². The molecule has 0 bridgehead atoms. The third-order valence-corrected chi connectivity index (χ3v) is 4.73. The molecule has 0 aromatic heterocycles. The van der Waals surface area contributed by atoms with Crippen molar-refractivity contribution < 1.29 is 14.3 Å². The first-order valence-electron chi connectivity index (χ1n) is 10.8. The number of nitrogens with one attached hydrogen (secondary N) is 1. The molecule has 30 heavy (non-hydrogen) atoms. The SMILES string of the molecule is CCCC(=O)N(Cc1ccccc1)[C@@H](C(=O)NCCCOC(C)C)c1ccccc1. The number of rotatable bonds is 12. The molecule has 162 valence electrons. The quantitative estimate of drug-likeness (QED) is 0.525. The Hall–Kier alpha value is -2.66. The van der Waals surface area contributed by atoms with E-state index in [0.717, 1.165) is 24.0 Å². The smallest absolute Gasteiger partial charge is 0.247 e. The number of hydrogen-bond donors (Lipinski definition) is 1. The Balaban J connectivity index is 2.22. The first-order chi connectivity index (χ1) is 14.5. The Bertz CT molecular complexity index is 762. The summed E-state index contributed by atoms with van der Waals surface area (Å²) >= 11 is 0. The van der Waals surface area contributed by atoms with Crippen LogP contribution in [0.15, 0.2) is 60.7 Å². The van der Waals surface area contributed by atoms with Crippen LogP contribution >= 0.6 is 0 Å². The predicted octanol–water partition coefficient (Wildman–Crippen LogP) is 4.49. The lowest BCUT2D eigenvalue weighted by Crippen LogP contribution is -2.43. The summed E-state index contributed by atoms with van der Waals surface area (Å²) in [5, 5.41) is 3.01. The molecule has 0 fully saturated rings. The maximum Gasteiger partial charge on any atom is 0.247 e. The van der Waals surface area contributed by atoms with Crippen LogP contribution in [0.4, 0.5) is 0 Å². The fourth-order valence-electron chi connectivity index (χ4n) is 3.27. The molecular formula is C25H34N2O3. The van der Waals surface area contributed by atoms with Gasteiger partial charge in [-0.25, -0.2) is 0 Å². The van der Waals surface area contributed by atoms with Gasteiger partial charge in [-0.05, 0) is 37.8 Å². The molecule has 0 aliphatic heterocycles. The van der Waals surface area contributed by atoms with Gasteiger partial charge in [0.1, 0.15) is 6.04 Å². The highest BCUT2D eigenvalue weighted by molar-refractivity contribution is 5.88. The Labute approximate surface area is 180 Å². The van der Waals surface area contributed by atoms with E-state index in [1.165, 1.54) is 0 Å². The number of carbonyl (C=O) groups excluding carboxylic acids is 2. The zero-order chi connectivity index (χ0) is 21.8. The van der Waals surface area contributed by atoms with E-state index >= 15 is 0 Å². The lowest BCUT2D eigenvalue weighted by Gasteiger charge is -2.31. The topological polar surface area (TPSA) is 58.6 Å².